The van der Waals surface area contributed by atoms with Crippen LogP contribution in [0.25, 0.3) is 0 Å². The van der Waals surface area contributed by atoms with Gasteiger partial charge < -0.3 is 11.1 Å². The van der Waals surface area contributed by atoms with Gasteiger partial charge in [-0.2, -0.15) is 0 Å². The van der Waals surface area contributed by atoms with Crippen LogP contribution in [0, 0.1) is 11.8 Å². The number of rotatable bonds is 3. The lowest BCUT2D eigenvalue weighted by molar-refractivity contribution is 0.0940. The number of benzene rings is 1. The average molecular weight is 285 g/mol. The fourth-order valence-electron chi connectivity index (χ4n) is 1.65. The maximum Gasteiger partial charge on any atom is 0.251 e. The summed E-state index contributed by atoms with van der Waals surface area (Å²) in [4.78, 5) is 16.3. The number of amides is 1. The predicted molar refractivity (Wildman–Crippen MR) is 80.4 cm³/mol. The number of nitrogens with two attached hydrogens (primary N) is 1. The third-order valence-electron chi connectivity index (χ3n) is 2.65. The van der Waals surface area contributed by atoms with E-state index in [1.165, 1.54) is 11.3 Å². The van der Waals surface area contributed by atoms with Crippen molar-refractivity contribution >= 4 is 17.2 Å². The summed E-state index contributed by atoms with van der Waals surface area (Å²) in [5, 5.41) is 5.70. The molecule has 3 N–H and O–H groups in total. The highest BCUT2D eigenvalue weighted by molar-refractivity contribution is 7.09. The Hall–Kier alpha value is -2.16. The van der Waals surface area contributed by atoms with E-state index in [0.717, 1.165) is 10.6 Å². The molecule has 2 rings (SSSR count). The molecule has 0 spiro atoms. The van der Waals surface area contributed by atoms with Gasteiger partial charge in [0.25, 0.3) is 5.91 Å². The lowest BCUT2D eigenvalue weighted by Gasteiger charge is -2.11. The smallest absolute Gasteiger partial charge is 0.251 e. The number of thiazole rings is 1. The van der Waals surface area contributed by atoms with Crippen LogP contribution in [0.1, 0.15) is 33.9 Å². The lowest BCUT2D eigenvalue weighted by Crippen LogP contribution is -2.26. The molecule has 1 atom stereocenters. The summed E-state index contributed by atoms with van der Waals surface area (Å²) in [5.41, 5.74) is 6.76. The van der Waals surface area contributed by atoms with Crippen molar-refractivity contribution in [2.24, 2.45) is 5.73 Å². The van der Waals surface area contributed by atoms with Crippen LogP contribution >= 0.6 is 11.3 Å². The van der Waals surface area contributed by atoms with Gasteiger partial charge in [0.1, 0.15) is 5.01 Å². The zero-order valence-electron chi connectivity index (χ0n) is 11.1. The second kappa shape index (κ2) is 6.85. The van der Waals surface area contributed by atoms with Crippen LogP contribution < -0.4 is 11.1 Å². The molecule has 0 saturated carbocycles. The van der Waals surface area contributed by atoms with Crippen LogP contribution in [-0.2, 0) is 0 Å². The van der Waals surface area contributed by atoms with E-state index in [2.05, 4.69) is 22.1 Å². The Morgan fingerprint density at radius 2 is 2.20 bits per heavy atom. The fraction of sp³-hybridized carbons (Fsp3) is 0.200. The summed E-state index contributed by atoms with van der Waals surface area (Å²) >= 11 is 1.52. The van der Waals surface area contributed by atoms with Crippen molar-refractivity contribution in [3.05, 3.63) is 52.0 Å². The molecule has 1 unspecified atom stereocenters. The van der Waals surface area contributed by atoms with E-state index >= 15 is 0 Å². The zero-order valence-corrected chi connectivity index (χ0v) is 11.9. The van der Waals surface area contributed by atoms with Gasteiger partial charge in [0.15, 0.2) is 0 Å². The molecular formula is C15H15N3OS. The Bertz CT molecular complexity index is 623. The normalized spacial score (nSPS) is 11.3. The molecule has 0 aliphatic carbocycles. The summed E-state index contributed by atoms with van der Waals surface area (Å²) in [6.45, 7) is 2.24. The van der Waals surface area contributed by atoms with Crippen molar-refractivity contribution in [3.63, 3.8) is 0 Å². The van der Waals surface area contributed by atoms with Crippen LogP contribution in [0.4, 0.5) is 0 Å². The summed E-state index contributed by atoms with van der Waals surface area (Å²) < 4.78 is 0. The van der Waals surface area contributed by atoms with E-state index in [1.807, 2.05) is 24.4 Å². The van der Waals surface area contributed by atoms with Gasteiger partial charge in [0, 0.05) is 22.7 Å². The highest BCUT2D eigenvalue weighted by atomic mass is 32.1. The van der Waals surface area contributed by atoms with Crippen LogP contribution in [0.5, 0.6) is 0 Å². The van der Waals surface area contributed by atoms with E-state index in [9.17, 15) is 4.79 Å². The molecule has 0 aliphatic rings. The molecule has 1 aromatic carbocycles. The minimum Gasteiger partial charge on any atom is -0.343 e. The molecule has 1 aromatic heterocycles. The van der Waals surface area contributed by atoms with E-state index in [-0.39, 0.29) is 11.9 Å². The van der Waals surface area contributed by atoms with Gasteiger partial charge in [-0.05, 0) is 31.2 Å². The molecule has 5 heteroatoms. The minimum absolute atomic E-state index is 0.0980. The van der Waals surface area contributed by atoms with E-state index in [1.54, 1.807) is 18.3 Å². The van der Waals surface area contributed by atoms with Gasteiger partial charge in [0.2, 0.25) is 0 Å². The number of carbonyl (C=O) groups is 1. The number of hydrogen-bond acceptors (Lipinski definition) is 4. The highest BCUT2D eigenvalue weighted by Gasteiger charge is 2.12. The van der Waals surface area contributed by atoms with Crippen LogP contribution in [0.15, 0.2) is 35.8 Å². The molecular weight excluding hydrogens is 270 g/mol. The summed E-state index contributed by atoms with van der Waals surface area (Å²) in [5.74, 6) is 5.57. The van der Waals surface area contributed by atoms with Crippen molar-refractivity contribution in [1.29, 1.82) is 0 Å². The van der Waals surface area contributed by atoms with Gasteiger partial charge in [-0.3, -0.25) is 4.79 Å². The molecule has 0 fully saturated rings. The third-order valence-corrected chi connectivity index (χ3v) is 3.61. The second-order valence-corrected chi connectivity index (χ2v) is 5.07. The van der Waals surface area contributed by atoms with Gasteiger partial charge >= 0.3 is 0 Å². The highest BCUT2D eigenvalue weighted by Crippen LogP contribution is 2.15. The lowest BCUT2D eigenvalue weighted by atomic mass is 10.1. The Labute approximate surface area is 122 Å². The van der Waals surface area contributed by atoms with Crippen molar-refractivity contribution in [2.45, 2.75) is 13.0 Å². The first-order chi connectivity index (χ1) is 9.70. The molecule has 1 heterocycles. The predicted octanol–water partition coefficient (Wildman–Crippen LogP) is 1.94. The van der Waals surface area contributed by atoms with Gasteiger partial charge in [-0.15, -0.1) is 11.3 Å². The monoisotopic (exact) mass is 285 g/mol. The van der Waals surface area contributed by atoms with E-state index in [4.69, 9.17) is 5.73 Å². The number of nitrogens with zero attached hydrogens (tertiary/aromatic N) is 1. The number of aromatic nitrogens is 1. The second-order valence-electron chi connectivity index (χ2n) is 4.15. The van der Waals surface area contributed by atoms with Gasteiger partial charge in [0.05, 0.1) is 12.6 Å². The molecule has 0 aliphatic heterocycles. The molecule has 0 saturated heterocycles. The van der Waals surface area contributed by atoms with Crippen LogP contribution in [0.3, 0.4) is 0 Å². The zero-order chi connectivity index (χ0) is 14.4. The van der Waals surface area contributed by atoms with Crippen molar-refractivity contribution < 1.29 is 4.79 Å². The Balaban J connectivity index is 2.02. The first kappa shape index (κ1) is 14.3. The van der Waals surface area contributed by atoms with E-state index < -0.39 is 0 Å². The maximum absolute atomic E-state index is 12.1. The van der Waals surface area contributed by atoms with Crippen molar-refractivity contribution in [1.82, 2.24) is 10.3 Å². The molecule has 1 amide bonds. The molecule has 102 valence electrons. The number of hydrogen-bond donors (Lipinski definition) is 2. The molecule has 20 heavy (non-hydrogen) atoms. The summed E-state index contributed by atoms with van der Waals surface area (Å²) in [7, 11) is 0. The van der Waals surface area contributed by atoms with Crippen molar-refractivity contribution in [2.75, 3.05) is 6.54 Å². The van der Waals surface area contributed by atoms with Gasteiger partial charge in [-0.1, -0.05) is 11.8 Å². The summed E-state index contributed by atoms with van der Waals surface area (Å²) in [6, 6.07) is 7.03. The van der Waals surface area contributed by atoms with Gasteiger partial charge in [-0.25, -0.2) is 4.98 Å². The first-order valence-corrected chi connectivity index (χ1v) is 7.08. The Kier molecular flexibility index (Phi) is 4.88. The quantitative estimate of drug-likeness (QED) is 0.847. The minimum atomic E-state index is -0.119. The maximum atomic E-state index is 12.1. The van der Waals surface area contributed by atoms with Crippen molar-refractivity contribution in [3.8, 4) is 11.8 Å². The fourth-order valence-corrected chi connectivity index (χ4v) is 2.29. The topological polar surface area (TPSA) is 68.0 Å². The van der Waals surface area contributed by atoms with Crippen LogP contribution in [0.2, 0.25) is 0 Å². The standard InChI is InChI=1S/C15H15N3OS/c1-11(15-17-9-10-20-15)18-14(19)13-6-4-12(5-7-13)3-2-8-16/h4-7,9-11H,8,16H2,1H3,(H,18,19). The molecule has 0 radical (unpaired) electrons. The average Bonchev–Trinajstić information content (AvgIpc) is 3.00. The molecule has 0 bridgehead atoms. The first-order valence-electron chi connectivity index (χ1n) is 6.20. The number of carbonyl (C=O) groups excluding carboxylic acids is 1. The Morgan fingerprint density at radius 3 is 2.80 bits per heavy atom. The third kappa shape index (κ3) is 3.67. The van der Waals surface area contributed by atoms with Crippen LogP contribution in [-0.4, -0.2) is 17.4 Å². The molecule has 4 nitrogen and oxygen atoms in total. The van der Waals surface area contributed by atoms with E-state index in [0.29, 0.717) is 12.1 Å². The Morgan fingerprint density at radius 1 is 1.45 bits per heavy atom. The molecule has 2 aromatic rings. The largest absolute Gasteiger partial charge is 0.343 e. The number of nitrogens with one attached hydrogen (secondary N) is 1. The SMILES string of the molecule is CC(NC(=O)c1ccc(C#CCN)cc1)c1nccs1. The summed E-state index contributed by atoms with van der Waals surface area (Å²) in [6.07, 6.45) is 1.73.